The lowest BCUT2D eigenvalue weighted by Gasteiger charge is -2.34. The fourth-order valence-electron chi connectivity index (χ4n) is 2.53. The fraction of sp³-hybridized carbons (Fsp3) is 0.545. The molecule has 0 aromatic carbocycles. The van der Waals surface area contributed by atoms with Gasteiger partial charge in [0.05, 0.1) is 12.2 Å². The molecule has 0 aliphatic carbocycles. The van der Waals surface area contributed by atoms with Crippen LogP contribution in [0.4, 0.5) is 14.5 Å². The van der Waals surface area contributed by atoms with E-state index in [0.717, 1.165) is 5.69 Å². The zero-order chi connectivity index (χ0) is 12.2. The number of carbonyl (C=O) groups excluding carboxylic acids is 1. The number of amides is 1. The molecule has 0 saturated heterocycles. The van der Waals surface area contributed by atoms with Crippen molar-refractivity contribution in [3.05, 3.63) is 15.8 Å². The maximum absolute atomic E-state index is 13.6. The van der Waals surface area contributed by atoms with E-state index < -0.39 is 5.92 Å². The van der Waals surface area contributed by atoms with Crippen molar-refractivity contribution in [3.63, 3.8) is 0 Å². The van der Waals surface area contributed by atoms with Crippen molar-refractivity contribution in [2.45, 2.75) is 25.3 Å². The first-order valence-corrected chi connectivity index (χ1v) is 6.38. The molecule has 0 spiro atoms. The zero-order valence-corrected chi connectivity index (χ0v) is 10.1. The van der Waals surface area contributed by atoms with E-state index in [4.69, 9.17) is 0 Å². The standard InChI is InChI=1S/C11H12F2N2OS/c1-6-3-15-5-11(12,13)2-7-4-17-9(8(7)15)10(16)14-6/h4,6H,2-3,5H2,1H3,(H,14,16)/t6-/m0/s1. The Balaban J connectivity index is 2.12. The van der Waals surface area contributed by atoms with Crippen molar-refractivity contribution in [1.29, 1.82) is 0 Å². The molecule has 0 radical (unpaired) electrons. The SMILES string of the molecule is C[C@H]1CN2CC(F)(F)Cc3csc(c32)C(=O)N1. The summed E-state index contributed by atoms with van der Waals surface area (Å²) in [6, 6.07) is -0.108. The maximum Gasteiger partial charge on any atom is 0.269 e. The number of hydrogen-bond acceptors (Lipinski definition) is 3. The first-order valence-electron chi connectivity index (χ1n) is 5.50. The zero-order valence-electron chi connectivity index (χ0n) is 9.30. The minimum absolute atomic E-state index is 0.108. The van der Waals surface area contributed by atoms with E-state index in [-0.39, 0.29) is 24.9 Å². The second-order valence-corrected chi connectivity index (χ2v) is 5.61. The molecule has 1 aromatic heterocycles. The van der Waals surface area contributed by atoms with Crippen molar-refractivity contribution < 1.29 is 13.6 Å². The van der Waals surface area contributed by atoms with Gasteiger partial charge in [0.25, 0.3) is 11.8 Å². The molecular formula is C11H12F2N2OS. The molecule has 0 unspecified atom stereocenters. The van der Waals surface area contributed by atoms with E-state index in [1.54, 1.807) is 10.3 Å². The molecule has 0 saturated carbocycles. The van der Waals surface area contributed by atoms with Crippen LogP contribution in [0.1, 0.15) is 22.2 Å². The largest absolute Gasteiger partial charge is 0.362 e. The Kier molecular flexibility index (Phi) is 2.20. The molecule has 3 heterocycles. The molecular weight excluding hydrogens is 246 g/mol. The minimum atomic E-state index is -2.70. The van der Waals surface area contributed by atoms with Crippen LogP contribution in [0, 0.1) is 0 Å². The average molecular weight is 258 g/mol. The monoisotopic (exact) mass is 258 g/mol. The number of carbonyl (C=O) groups is 1. The summed E-state index contributed by atoms with van der Waals surface area (Å²) in [7, 11) is 0. The molecule has 1 N–H and O–H groups in total. The van der Waals surface area contributed by atoms with Crippen LogP contribution in [0.2, 0.25) is 0 Å². The van der Waals surface area contributed by atoms with Crippen molar-refractivity contribution in [2.75, 3.05) is 18.0 Å². The summed E-state index contributed by atoms with van der Waals surface area (Å²) in [5.41, 5.74) is 1.33. The lowest BCUT2D eigenvalue weighted by atomic mass is 10.0. The third kappa shape index (κ3) is 1.71. The lowest BCUT2D eigenvalue weighted by molar-refractivity contribution is 0.00541. The predicted molar refractivity (Wildman–Crippen MR) is 62.1 cm³/mol. The highest BCUT2D eigenvalue weighted by Gasteiger charge is 2.42. The van der Waals surface area contributed by atoms with Crippen LogP contribution in [-0.4, -0.2) is 31.0 Å². The number of anilines is 1. The van der Waals surface area contributed by atoms with Gasteiger partial charge in [-0.1, -0.05) is 0 Å². The summed E-state index contributed by atoms with van der Waals surface area (Å²) >= 11 is 1.26. The molecule has 6 heteroatoms. The molecule has 92 valence electrons. The molecule has 1 aromatic rings. The minimum Gasteiger partial charge on any atom is -0.362 e. The van der Waals surface area contributed by atoms with E-state index in [9.17, 15) is 13.6 Å². The molecule has 0 fully saturated rings. The van der Waals surface area contributed by atoms with E-state index in [0.29, 0.717) is 17.0 Å². The Hall–Kier alpha value is -1.17. The second kappa shape index (κ2) is 3.41. The Morgan fingerprint density at radius 2 is 2.35 bits per heavy atom. The van der Waals surface area contributed by atoms with Gasteiger partial charge in [0, 0.05) is 19.0 Å². The third-order valence-corrected chi connectivity index (χ3v) is 4.12. The van der Waals surface area contributed by atoms with Gasteiger partial charge in [0.15, 0.2) is 0 Å². The molecule has 3 nitrogen and oxygen atoms in total. The highest BCUT2D eigenvalue weighted by atomic mass is 32.1. The highest BCUT2D eigenvalue weighted by molar-refractivity contribution is 7.13. The quantitative estimate of drug-likeness (QED) is 0.770. The summed E-state index contributed by atoms with van der Waals surface area (Å²) in [4.78, 5) is 14.1. The highest BCUT2D eigenvalue weighted by Crippen LogP contribution is 2.41. The smallest absolute Gasteiger partial charge is 0.269 e. The Bertz CT molecular complexity index is 486. The van der Waals surface area contributed by atoms with E-state index in [1.807, 2.05) is 6.92 Å². The van der Waals surface area contributed by atoms with Crippen molar-refractivity contribution in [1.82, 2.24) is 5.32 Å². The normalized spacial score (nSPS) is 26.2. The van der Waals surface area contributed by atoms with Gasteiger partial charge < -0.3 is 10.2 Å². The van der Waals surface area contributed by atoms with Crippen molar-refractivity contribution in [3.8, 4) is 0 Å². The third-order valence-electron chi connectivity index (χ3n) is 3.10. The van der Waals surface area contributed by atoms with E-state index in [2.05, 4.69) is 5.32 Å². The van der Waals surface area contributed by atoms with Gasteiger partial charge in [-0.2, -0.15) is 0 Å². The van der Waals surface area contributed by atoms with Gasteiger partial charge in [0.2, 0.25) is 0 Å². The van der Waals surface area contributed by atoms with Gasteiger partial charge in [-0.05, 0) is 17.9 Å². The van der Waals surface area contributed by atoms with Gasteiger partial charge >= 0.3 is 0 Å². The summed E-state index contributed by atoms with van der Waals surface area (Å²) in [6.07, 6.45) is -0.253. The molecule has 17 heavy (non-hydrogen) atoms. The second-order valence-electron chi connectivity index (χ2n) is 4.73. The Morgan fingerprint density at radius 3 is 3.12 bits per heavy atom. The van der Waals surface area contributed by atoms with Crippen LogP contribution in [0.15, 0.2) is 5.38 Å². The van der Waals surface area contributed by atoms with Crippen LogP contribution in [-0.2, 0) is 6.42 Å². The number of halogens is 2. The molecule has 2 aliphatic rings. The van der Waals surface area contributed by atoms with Gasteiger partial charge in [-0.3, -0.25) is 4.79 Å². The summed E-state index contributed by atoms with van der Waals surface area (Å²) in [6.45, 7) is 1.99. The molecule has 1 amide bonds. The van der Waals surface area contributed by atoms with Gasteiger partial charge in [-0.25, -0.2) is 8.78 Å². The van der Waals surface area contributed by atoms with E-state index >= 15 is 0 Å². The van der Waals surface area contributed by atoms with Crippen LogP contribution >= 0.6 is 11.3 Å². The Labute approximate surface area is 101 Å². The molecule has 2 aliphatic heterocycles. The number of nitrogens with zero attached hydrogens (tertiary/aromatic N) is 1. The summed E-state index contributed by atoms with van der Waals surface area (Å²) in [5, 5.41) is 4.50. The number of nitrogens with one attached hydrogen (secondary N) is 1. The van der Waals surface area contributed by atoms with Crippen molar-refractivity contribution in [2.24, 2.45) is 0 Å². The lowest BCUT2D eigenvalue weighted by Crippen LogP contribution is -2.46. The molecule has 3 rings (SSSR count). The van der Waals surface area contributed by atoms with Crippen molar-refractivity contribution >= 4 is 22.9 Å². The van der Waals surface area contributed by atoms with Gasteiger partial charge in [0.1, 0.15) is 4.88 Å². The first-order chi connectivity index (χ1) is 7.96. The molecule has 1 atom stereocenters. The maximum atomic E-state index is 13.6. The number of alkyl halides is 2. The summed E-state index contributed by atoms with van der Waals surface area (Å²) in [5.74, 6) is -2.84. The fourth-order valence-corrected chi connectivity index (χ4v) is 3.53. The van der Waals surface area contributed by atoms with Crippen LogP contribution < -0.4 is 10.2 Å². The topological polar surface area (TPSA) is 32.3 Å². The molecule has 0 bridgehead atoms. The number of rotatable bonds is 0. The van der Waals surface area contributed by atoms with Crippen LogP contribution in [0.3, 0.4) is 0 Å². The average Bonchev–Trinajstić information content (AvgIpc) is 2.53. The van der Waals surface area contributed by atoms with Gasteiger partial charge in [-0.15, -0.1) is 11.3 Å². The van der Waals surface area contributed by atoms with E-state index in [1.165, 1.54) is 11.3 Å². The van der Waals surface area contributed by atoms with Crippen LogP contribution in [0.25, 0.3) is 0 Å². The Morgan fingerprint density at radius 1 is 1.59 bits per heavy atom. The first kappa shape index (κ1) is 11.0. The predicted octanol–water partition coefficient (Wildman–Crippen LogP) is 1.88. The van der Waals surface area contributed by atoms with Crippen LogP contribution in [0.5, 0.6) is 0 Å². The summed E-state index contributed by atoms with van der Waals surface area (Å²) < 4.78 is 27.1. The number of thiophene rings is 1. The number of hydrogen-bond donors (Lipinski definition) is 1.